The maximum Gasteiger partial charge on any atom is 0.00330 e. The second-order valence-corrected chi connectivity index (χ2v) is 10.4. The molecule has 0 fully saturated rings. The number of hydrogen-bond acceptors (Lipinski definition) is 0. The van der Waals surface area contributed by atoms with Gasteiger partial charge in [-0.15, -0.1) is 6.58 Å². The smallest absolute Gasteiger partial charge is 0.00330 e. The van der Waals surface area contributed by atoms with E-state index in [1.54, 1.807) is 0 Å². The van der Waals surface area contributed by atoms with E-state index in [9.17, 15) is 0 Å². The van der Waals surface area contributed by atoms with Gasteiger partial charge in [0.1, 0.15) is 0 Å². The molecule has 0 saturated carbocycles. The second kappa shape index (κ2) is 16.1. The van der Waals surface area contributed by atoms with Gasteiger partial charge in [-0.3, -0.25) is 0 Å². The first-order chi connectivity index (χ1) is 14.5. The maximum absolute atomic E-state index is 4.11. The minimum atomic E-state index is 0.0788. The zero-order chi connectivity index (χ0) is 23.9. The topological polar surface area (TPSA) is 0 Å². The van der Waals surface area contributed by atoms with E-state index in [4.69, 9.17) is 0 Å². The van der Waals surface area contributed by atoms with Crippen molar-refractivity contribution in [2.45, 2.75) is 107 Å². The Balaban J connectivity index is 4.46. The highest BCUT2D eigenvalue weighted by Crippen LogP contribution is 2.28. The molecule has 0 nitrogen and oxygen atoms in total. The average molecular weight is 425 g/mol. The number of allylic oxidation sites excluding steroid dienone is 10. The SMILES string of the molecule is C=CC(C)(C=CC(C)CCC=C(C)CCC(C)C(=C)C)CCC=C(C)CCC=C(C)C. The molecule has 0 spiro atoms. The van der Waals surface area contributed by atoms with Crippen LogP contribution in [0, 0.1) is 17.3 Å². The standard InChI is InChI=1S/C31H52/c1-11-31(10,23-14-19-27(6)16-12-15-25(2)3)24-22-29(8)18-13-17-28(7)20-21-30(9)26(4)5/h11,15,17,19,22,24,29-30H,1,4,12-14,16,18,20-21,23H2,2-3,5-10H3. The molecule has 0 aromatic heterocycles. The quantitative estimate of drug-likeness (QED) is 0.216. The molecule has 0 aliphatic carbocycles. The van der Waals surface area contributed by atoms with Gasteiger partial charge < -0.3 is 0 Å². The van der Waals surface area contributed by atoms with E-state index in [0.717, 1.165) is 25.7 Å². The fraction of sp³-hybridized carbons (Fsp3) is 0.613. The highest BCUT2D eigenvalue weighted by Gasteiger charge is 2.15. The molecule has 31 heavy (non-hydrogen) atoms. The van der Waals surface area contributed by atoms with Gasteiger partial charge in [-0.05, 0) is 97.8 Å². The van der Waals surface area contributed by atoms with Crippen molar-refractivity contribution in [3.63, 3.8) is 0 Å². The van der Waals surface area contributed by atoms with Gasteiger partial charge in [-0.1, -0.05) is 86.1 Å². The van der Waals surface area contributed by atoms with Crippen molar-refractivity contribution in [2.24, 2.45) is 17.3 Å². The lowest BCUT2D eigenvalue weighted by Gasteiger charge is -2.21. The lowest BCUT2D eigenvalue weighted by atomic mass is 9.83. The van der Waals surface area contributed by atoms with Crippen molar-refractivity contribution >= 4 is 0 Å². The van der Waals surface area contributed by atoms with Gasteiger partial charge >= 0.3 is 0 Å². The summed E-state index contributed by atoms with van der Waals surface area (Å²) in [6.45, 7) is 26.1. The monoisotopic (exact) mass is 424 g/mol. The summed E-state index contributed by atoms with van der Waals surface area (Å²) in [5, 5.41) is 0. The first kappa shape index (κ1) is 29.4. The Morgan fingerprint density at radius 3 is 2.03 bits per heavy atom. The van der Waals surface area contributed by atoms with Gasteiger partial charge in [0.15, 0.2) is 0 Å². The Labute approximate surface area is 196 Å². The van der Waals surface area contributed by atoms with Crippen LogP contribution in [0.5, 0.6) is 0 Å². The summed E-state index contributed by atoms with van der Waals surface area (Å²) in [6, 6.07) is 0. The molecule has 0 aromatic rings. The molecule has 0 aliphatic heterocycles. The van der Waals surface area contributed by atoms with E-state index in [2.05, 4.69) is 105 Å². The van der Waals surface area contributed by atoms with E-state index >= 15 is 0 Å². The van der Waals surface area contributed by atoms with Gasteiger partial charge in [-0.25, -0.2) is 0 Å². The summed E-state index contributed by atoms with van der Waals surface area (Å²) >= 11 is 0. The molecular weight excluding hydrogens is 372 g/mol. The van der Waals surface area contributed by atoms with E-state index in [0.29, 0.717) is 11.8 Å². The van der Waals surface area contributed by atoms with Gasteiger partial charge in [0.05, 0.1) is 0 Å². The summed E-state index contributed by atoms with van der Waals surface area (Å²) < 4.78 is 0. The highest BCUT2D eigenvalue weighted by molar-refractivity contribution is 5.10. The van der Waals surface area contributed by atoms with Gasteiger partial charge in [-0.2, -0.15) is 0 Å². The normalized spacial score (nSPS) is 16.6. The Morgan fingerprint density at radius 2 is 1.45 bits per heavy atom. The van der Waals surface area contributed by atoms with E-state index < -0.39 is 0 Å². The third-order valence-electron chi connectivity index (χ3n) is 6.47. The highest BCUT2D eigenvalue weighted by atomic mass is 14.2. The summed E-state index contributed by atoms with van der Waals surface area (Å²) in [5.41, 5.74) is 5.81. The number of hydrogen-bond donors (Lipinski definition) is 0. The van der Waals surface area contributed by atoms with Crippen molar-refractivity contribution in [1.82, 2.24) is 0 Å². The first-order valence-electron chi connectivity index (χ1n) is 12.4. The molecule has 3 unspecified atom stereocenters. The lowest BCUT2D eigenvalue weighted by Crippen LogP contribution is -2.09. The first-order valence-corrected chi connectivity index (χ1v) is 12.4. The molecule has 0 aliphatic rings. The van der Waals surface area contributed by atoms with Gasteiger partial charge in [0, 0.05) is 5.41 Å². The van der Waals surface area contributed by atoms with Gasteiger partial charge in [0.25, 0.3) is 0 Å². The Bertz CT molecular complexity index is 648. The lowest BCUT2D eigenvalue weighted by molar-refractivity contribution is 0.499. The predicted octanol–water partition coefficient (Wildman–Crippen LogP) is 10.6. The van der Waals surface area contributed by atoms with Crippen molar-refractivity contribution in [3.05, 3.63) is 71.9 Å². The molecule has 0 amide bonds. The van der Waals surface area contributed by atoms with Crippen LogP contribution in [0.4, 0.5) is 0 Å². The Kier molecular flexibility index (Phi) is 15.3. The zero-order valence-corrected chi connectivity index (χ0v) is 22.2. The summed E-state index contributed by atoms with van der Waals surface area (Å²) in [7, 11) is 0. The largest absolute Gasteiger partial charge is 0.102 e. The van der Waals surface area contributed by atoms with Crippen molar-refractivity contribution in [2.75, 3.05) is 0 Å². The third kappa shape index (κ3) is 15.8. The van der Waals surface area contributed by atoms with Crippen molar-refractivity contribution in [3.8, 4) is 0 Å². The molecular formula is C31H52. The summed E-state index contributed by atoms with van der Waals surface area (Å²) in [6.07, 6.45) is 23.4. The van der Waals surface area contributed by atoms with Crippen LogP contribution in [0.25, 0.3) is 0 Å². The van der Waals surface area contributed by atoms with E-state index in [1.807, 2.05) is 0 Å². The average Bonchev–Trinajstić information content (AvgIpc) is 2.70. The Morgan fingerprint density at radius 1 is 0.839 bits per heavy atom. The second-order valence-electron chi connectivity index (χ2n) is 10.4. The fourth-order valence-corrected chi connectivity index (χ4v) is 3.44. The van der Waals surface area contributed by atoms with Crippen LogP contribution in [0.2, 0.25) is 0 Å². The van der Waals surface area contributed by atoms with Crippen LogP contribution < -0.4 is 0 Å². The van der Waals surface area contributed by atoms with Crippen LogP contribution in [0.1, 0.15) is 107 Å². The Hall–Kier alpha value is -1.56. The van der Waals surface area contributed by atoms with Crippen LogP contribution in [0.3, 0.4) is 0 Å². The zero-order valence-electron chi connectivity index (χ0n) is 22.2. The minimum Gasteiger partial charge on any atom is -0.102 e. The molecule has 0 heterocycles. The predicted molar refractivity (Wildman–Crippen MR) is 144 cm³/mol. The van der Waals surface area contributed by atoms with Crippen LogP contribution in [-0.2, 0) is 0 Å². The van der Waals surface area contributed by atoms with Crippen molar-refractivity contribution < 1.29 is 0 Å². The van der Waals surface area contributed by atoms with E-state index in [-0.39, 0.29) is 5.41 Å². The molecule has 3 atom stereocenters. The molecule has 0 saturated heterocycles. The molecule has 0 rings (SSSR count). The maximum atomic E-state index is 4.11. The van der Waals surface area contributed by atoms with Crippen LogP contribution >= 0.6 is 0 Å². The van der Waals surface area contributed by atoms with E-state index in [1.165, 1.54) is 48.0 Å². The van der Waals surface area contributed by atoms with Gasteiger partial charge in [0.2, 0.25) is 0 Å². The molecule has 0 radical (unpaired) electrons. The summed E-state index contributed by atoms with van der Waals surface area (Å²) in [4.78, 5) is 0. The molecule has 0 heteroatoms. The molecule has 0 bridgehead atoms. The minimum absolute atomic E-state index is 0.0788. The number of rotatable bonds is 16. The molecule has 0 N–H and O–H groups in total. The molecule has 176 valence electrons. The fourth-order valence-electron chi connectivity index (χ4n) is 3.44. The molecule has 0 aromatic carbocycles. The van der Waals surface area contributed by atoms with Crippen LogP contribution in [-0.4, -0.2) is 0 Å². The van der Waals surface area contributed by atoms with Crippen LogP contribution in [0.15, 0.2) is 71.9 Å². The third-order valence-corrected chi connectivity index (χ3v) is 6.47. The summed E-state index contributed by atoms with van der Waals surface area (Å²) in [5.74, 6) is 1.22. The van der Waals surface area contributed by atoms with Crippen molar-refractivity contribution in [1.29, 1.82) is 0 Å².